The maximum Gasteiger partial charge on any atom is 0.317 e. The summed E-state index contributed by atoms with van der Waals surface area (Å²) < 4.78 is 15.8. The highest BCUT2D eigenvalue weighted by atomic mass is 16.6. The molecule has 1 aromatic carbocycles. The second-order valence-corrected chi connectivity index (χ2v) is 17.4. The normalized spacial score (nSPS) is 18.3. The number of carboxylic acid groups (broad SMARTS) is 2. The summed E-state index contributed by atoms with van der Waals surface area (Å²) in [6.45, 7) is 15.6. The predicted octanol–water partition coefficient (Wildman–Crippen LogP) is 6.00. The Labute approximate surface area is 331 Å². The van der Waals surface area contributed by atoms with Crippen molar-refractivity contribution in [2.24, 2.45) is 51.8 Å². The molecule has 6 unspecified atom stereocenters. The van der Waals surface area contributed by atoms with Gasteiger partial charge in [0.15, 0.2) is 0 Å². The van der Waals surface area contributed by atoms with Crippen LogP contribution < -0.4 is 10.2 Å². The van der Waals surface area contributed by atoms with Crippen molar-refractivity contribution >= 4 is 47.4 Å². The maximum absolute atomic E-state index is 13.7. The summed E-state index contributed by atoms with van der Waals surface area (Å²) in [5.41, 5.74) is -1.18. The summed E-state index contributed by atoms with van der Waals surface area (Å²) in [6, 6.07) is 6.98. The number of nitrogens with zero attached hydrogens (tertiary/aromatic N) is 1. The minimum absolute atomic E-state index is 0.000538. The quantitative estimate of drug-likeness (QED) is 0.0505. The van der Waals surface area contributed by atoms with E-state index in [1.54, 1.807) is 65.8 Å². The van der Waals surface area contributed by atoms with Gasteiger partial charge in [-0.05, 0) is 79.5 Å². The van der Waals surface area contributed by atoms with Gasteiger partial charge in [-0.25, -0.2) is 0 Å². The van der Waals surface area contributed by atoms with Crippen molar-refractivity contribution in [3.8, 4) is 0 Å². The Morgan fingerprint density at radius 1 is 0.804 bits per heavy atom. The molecule has 1 aromatic rings. The Kier molecular flexibility index (Phi) is 17.1. The Morgan fingerprint density at radius 2 is 1.32 bits per heavy atom. The van der Waals surface area contributed by atoms with Crippen LogP contribution >= 0.6 is 0 Å². The van der Waals surface area contributed by atoms with E-state index >= 15 is 0 Å². The zero-order valence-electron chi connectivity index (χ0n) is 35.1. The molecule has 1 amide bonds. The van der Waals surface area contributed by atoms with Crippen LogP contribution in [0.15, 0.2) is 24.3 Å². The molecule has 2 rings (SSSR count). The lowest BCUT2D eigenvalue weighted by Gasteiger charge is -2.40. The Hall–Kier alpha value is -4.49. The first-order valence-electron chi connectivity index (χ1n) is 19.5. The van der Waals surface area contributed by atoms with Crippen molar-refractivity contribution in [3.05, 3.63) is 29.8 Å². The van der Waals surface area contributed by atoms with E-state index in [0.29, 0.717) is 18.4 Å². The first kappa shape index (κ1) is 47.7. The van der Waals surface area contributed by atoms with Gasteiger partial charge in [0.25, 0.3) is 5.91 Å². The molecule has 14 heteroatoms. The van der Waals surface area contributed by atoms with E-state index in [1.807, 2.05) is 39.8 Å². The summed E-state index contributed by atoms with van der Waals surface area (Å²) in [6.07, 6.45) is 1.03. The SMILES string of the molecule is CCOC(=O)C(C(CCC(C)(C)CC1C(=O)OC(=O)C1C)C(=O)O)C(C)(C)CCC(C(=O)O)C(C(=O)OCCNC(=O)c1ccc(N(C)C)cc1)C(C)(C)CC. The molecule has 14 nitrogen and oxygen atoms in total. The van der Waals surface area contributed by atoms with Crippen LogP contribution in [0.4, 0.5) is 5.69 Å². The number of hydrogen-bond donors (Lipinski definition) is 3. The van der Waals surface area contributed by atoms with Gasteiger partial charge in [-0.3, -0.25) is 33.6 Å². The second kappa shape index (κ2) is 20.1. The molecule has 0 aliphatic carbocycles. The van der Waals surface area contributed by atoms with Crippen molar-refractivity contribution in [2.75, 3.05) is 38.8 Å². The molecule has 3 N–H and O–H groups in total. The third kappa shape index (κ3) is 12.8. The number of esters is 4. The van der Waals surface area contributed by atoms with E-state index in [4.69, 9.17) is 14.2 Å². The molecule has 6 atom stereocenters. The lowest BCUT2D eigenvalue weighted by Crippen LogP contribution is -2.44. The van der Waals surface area contributed by atoms with Crippen LogP contribution in [-0.2, 0) is 43.0 Å². The van der Waals surface area contributed by atoms with Gasteiger partial charge in [0.05, 0.1) is 48.7 Å². The Bertz CT molecular complexity index is 1570. The second-order valence-electron chi connectivity index (χ2n) is 17.4. The monoisotopic (exact) mass is 788 g/mol. The molecular weight excluding hydrogens is 724 g/mol. The number of cyclic esters (lactones) is 2. The van der Waals surface area contributed by atoms with Crippen LogP contribution in [0, 0.1) is 51.8 Å². The molecule has 0 aromatic heterocycles. The molecular formula is C42H64N2O12. The number of hydrogen-bond acceptors (Lipinski definition) is 11. The maximum atomic E-state index is 13.7. The number of ether oxygens (including phenoxy) is 3. The lowest BCUT2D eigenvalue weighted by molar-refractivity contribution is -0.166. The number of nitrogens with one attached hydrogen (secondary N) is 1. The van der Waals surface area contributed by atoms with E-state index in [9.17, 15) is 43.8 Å². The number of aliphatic carboxylic acids is 2. The van der Waals surface area contributed by atoms with Gasteiger partial charge in [0.2, 0.25) is 0 Å². The highest BCUT2D eigenvalue weighted by Gasteiger charge is 2.49. The van der Waals surface area contributed by atoms with Crippen LogP contribution in [-0.4, -0.2) is 85.8 Å². The third-order valence-electron chi connectivity index (χ3n) is 11.6. The number of amides is 1. The first-order chi connectivity index (χ1) is 25.9. The molecule has 0 saturated carbocycles. The van der Waals surface area contributed by atoms with Crippen LogP contribution in [0.25, 0.3) is 0 Å². The highest BCUT2D eigenvalue weighted by molar-refractivity contribution is 5.96. The minimum atomic E-state index is -1.25. The first-order valence-corrected chi connectivity index (χ1v) is 19.5. The van der Waals surface area contributed by atoms with Crippen LogP contribution in [0.1, 0.15) is 111 Å². The molecule has 0 radical (unpaired) electrons. The molecule has 0 bridgehead atoms. The predicted molar refractivity (Wildman–Crippen MR) is 208 cm³/mol. The molecule has 1 aliphatic rings. The molecule has 314 valence electrons. The van der Waals surface area contributed by atoms with Crippen molar-refractivity contribution in [2.45, 2.75) is 101 Å². The summed E-state index contributed by atoms with van der Waals surface area (Å²) in [5.74, 6) is -11.5. The van der Waals surface area contributed by atoms with E-state index in [-0.39, 0.29) is 51.3 Å². The topological polar surface area (TPSA) is 203 Å². The number of carbonyl (C=O) groups is 7. The average molecular weight is 789 g/mol. The van der Waals surface area contributed by atoms with E-state index in [0.717, 1.165) is 5.69 Å². The van der Waals surface area contributed by atoms with Gasteiger partial charge in [-0.15, -0.1) is 0 Å². The third-order valence-corrected chi connectivity index (χ3v) is 11.6. The minimum Gasteiger partial charge on any atom is -0.481 e. The molecule has 1 aliphatic heterocycles. The number of anilines is 1. The van der Waals surface area contributed by atoms with Crippen molar-refractivity contribution < 1.29 is 58.0 Å². The number of carbonyl (C=O) groups excluding carboxylic acids is 5. The molecule has 0 spiro atoms. The van der Waals surface area contributed by atoms with Crippen molar-refractivity contribution in [1.82, 2.24) is 5.32 Å². The van der Waals surface area contributed by atoms with Gasteiger partial charge in [0, 0.05) is 25.3 Å². The number of rotatable bonds is 23. The Morgan fingerprint density at radius 3 is 1.79 bits per heavy atom. The van der Waals surface area contributed by atoms with Gasteiger partial charge in [-0.1, -0.05) is 61.8 Å². The van der Waals surface area contributed by atoms with Crippen molar-refractivity contribution in [3.63, 3.8) is 0 Å². The summed E-state index contributed by atoms with van der Waals surface area (Å²) >= 11 is 0. The smallest absolute Gasteiger partial charge is 0.317 e. The summed E-state index contributed by atoms with van der Waals surface area (Å²) in [5, 5.41) is 23.8. The zero-order valence-corrected chi connectivity index (χ0v) is 35.1. The van der Waals surface area contributed by atoms with E-state index in [1.165, 1.54) is 0 Å². The van der Waals surface area contributed by atoms with Crippen LogP contribution in [0.5, 0.6) is 0 Å². The van der Waals surface area contributed by atoms with Gasteiger partial charge < -0.3 is 34.6 Å². The zero-order chi connectivity index (χ0) is 42.8. The average Bonchev–Trinajstić information content (AvgIpc) is 3.34. The molecule has 56 heavy (non-hydrogen) atoms. The van der Waals surface area contributed by atoms with Gasteiger partial charge in [0.1, 0.15) is 6.61 Å². The van der Waals surface area contributed by atoms with Gasteiger partial charge in [-0.2, -0.15) is 0 Å². The highest BCUT2D eigenvalue weighted by Crippen LogP contribution is 2.46. The Balaban J connectivity index is 2.26. The number of carboxylic acids is 2. The van der Waals surface area contributed by atoms with E-state index in [2.05, 4.69) is 5.32 Å². The summed E-state index contributed by atoms with van der Waals surface area (Å²) in [4.78, 5) is 92.0. The van der Waals surface area contributed by atoms with E-state index < -0.39 is 87.6 Å². The largest absolute Gasteiger partial charge is 0.481 e. The standard InChI is InChI=1S/C42H64N2O12/c1-12-41(6,7)31(39(53)55-23-22-43-33(45)26-14-16-27(17-15-26)44(10)11)29(35(48)49)19-21-42(8,9)32(38(52)54-13-2)28(34(46)47)18-20-40(4,5)24-30-25(3)36(50)56-37(30)51/h14-17,25,28-32H,12-13,18-24H2,1-11H3,(H,43,45)(H,46,47)(H,48,49). The molecule has 1 saturated heterocycles. The fourth-order valence-electron chi connectivity index (χ4n) is 7.62. The fourth-order valence-corrected chi connectivity index (χ4v) is 7.62. The fraction of sp³-hybridized carbons (Fsp3) is 0.690. The van der Waals surface area contributed by atoms with Crippen LogP contribution in [0.2, 0.25) is 0 Å². The lowest BCUT2D eigenvalue weighted by atomic mass is 9.63. The summed E-state index contributed by atoms with van der Waals surface area (Å²) in [7, 11) is 3.77. The number of benzene rings is 1. The van der Waals surface area contributed by atoms with Crippen molar-refractivity contribution in [1.29, 1.82) is 0 Å². The van der Waals surface area contributed by atoms with Crippen LogP contribution in [0.3, 0.4) is 0 Å². The molecule has 1 fully saturated rings. The van der Waals surface area contributed by atoms with Gasteiger partial charge >= 0.3 is 35.8 Å². The molecule has 1 heterocycles.